The smallest absolute Gasteiger partial charge is 0.303 e. The first-order valence-corrected chi connectivity index (χ1v) is 11.7. The van der Waals surface area contributed by atoms with E-state index in [2.05, 4.69) is 26.0 Å². The minimum Gasteiger partial charge on any atom is -0.451 e. The Morgan fingerprint density at radius 3 is 2.67 bits per heavy atom. The van der Waals surface area contributed by atoms with Crippen LogP contribution in [0.1, 0.15) is 79.1 Å². The van der Waals surface area contributed by atoms with Crippen LogP contribution in [0.4, 0.5) is 0 Å². The molecule has 0 heterocycles. The number of ether oxygens (including phenoxy) is 1. The summed E-state index contributed by atoms with van der Waals surface area (Å²) in [5.74, 6) is 1.85. The van der Waals surface area contributed by atoms with Gasteiger partial charge in [0.2, 0.25) is 0 Å². The van der Waals surface area contributed by atoms with Gasteiger partial charge in [-0.3, -0.25) is 14.4 Å². The van der Waals surface area contributed by atoms with E-state index in [1.807, 2.05) is 0 Å². The lowest BCUT2D eigenvalue weighted by Crippen LogP contribution is -2.61. The molecule has 0 aromatic carbocycles. The van der Waals surface area contributed by atoms with E-state index in [0.717, 1.165) is 32.1 Å². The standard InChI is InChI=1S/C26H34O4/c1-15-12-20-21-8-11-26(16(2)27,30-17(3)28)24(21,4)14-18-6-5-9-25(23(18)20)10-7-19(29)13-22(15)25/h5-6,18,20-21,23H,7-14H2,1-4H3/t18-,20?,21?,23?,24-,25-,26-/m0/s1. The highest BCUT2D eigenvalue weighted by atomic mass is 16.6. The molecule has 5 rings (SSSR count). The highest BCUT2D eigenvalue weighted by Gasteiger charge is 2.70. The van der Waals surface area contributed by atoms with Crippen LogP contribution >= 0.6 is 0 Å². The molecule has 0 aliphatic heterocycles. The number of Topliss-reactive ketones (excluding diaryl/α,β-unsaturated/α-hetero) is 2. The second kappa shape index (κ2) is 6.40. The van der Waals surface area contributed by atoms with E-state index in [1.54, 1.807) is 6.92 Å². The maximum absolute atomic E-state index is 13.0. The Labute approximate surface area is 179 Å². The zero-order chi connectivity index (χ0) is 21.5. The topological polar surface area (TPSA) is 60.4 Å². The molecule has 0 aromatic heterocycles. The number of esters is 1. The lowest BCUT2D eigenvalue weighted by Gasteiger charge is -2.63. The van der Waals surface area contributed by atoms with Crippen molar-refractivity contribution in [1.82, 2.24) is 0 Å². The van der Waals surface area contributed by atoms with Crippen LogP contribution in [0.2, 0.25) is 0 Å². The fourth-order valence-corrected chi connectivity index (χ4v) is 9.00. The van der Waals surface area contributed by atoms with Crippen molar-refractivity contribution in [1.29, 1.82) is 0 Å². The monoisotopic (exact) mass is 410 g/mol. The van der Waals surface area contributed by atoms with E-state index in [9.17, 15) is 14.4 Å². The Kier molecular flexibility index (Phi) is 4.31. The largest absolute Gasteiger partial charge is 0.451 e. The molecule has 3 unspecified atom stereocenters. The van der Waals surface area contributed by atoms with Gasteiger partial charge in [-0.1, -0.05) is 30.2 Å². The van der Waals surface area contributed by atoms with Crippen molar-refractivity contribution < 1.29 is 19.1 Å². The van der Waals surface area contributed by atoms with E-state index in [0.29, 0.717) is 48.7 Å². The average Bonchev–Trinajstić information content (AvgIpc) is 2.96. The minimum atomic E-state index is -0.993. The summed E-state index contributed by atoms with van der Waals surface area (Å²) in [6, 6.07) is 0. The van der Waals surface area contributed by atoms with Crippen LogP contribution in [0.3, 0.4) is 0 Å². The number of carbonyl (C=O) groups is 3. The third-order valence-electron chi connectivity index (χ3n) is 9.92. The maximum Gasteiger partial charge on any atom is 0.303 e. The zero-order valence-corrected chi connectivity index (χ0v) is 18.8. The van der Waals surface area contributed by atoms with Crippen LogP contribution in [0.5, 0.6) is 0 Å². The van der Waals surface area contributed by atoms with E-state index >= 15 is 0 Å². The summed E-state index contributed by atoms with van der Waals surface area (Å²) in [7, 11) is 0. The maximum atomic E-state index is 13.0. The van der Waals surface area contributed by atoms with Gasteiger partial charge in [0.1, 0.15) is 5.78 Å². The first-order valence-electron chi connectivity index (χ1n) is 11.7. The van der Waals surface area contributed by atoms with Gasteiger partial charge >= 0.3 is 5.97 Å². The Morgan fingerprint density at radius 2 is 1.97 bits per heavy atom. The van der Waals surface area contributed by atoms with Crippen molar-refractivity contribution in [3.63, 3.8) is 0 Å². The second-order valence-corrected chi connectivity index (χ2v) is 11.1. The molecule has 7 atom stereocenters. The number of rotatable bonds is 2. The lowest BCUT2D eigenvalue weighted by molar-refractivity contribution is -0.190. The minimum absolute atomic E-state index is 0.00248. The number of hydrogen-bond donors (Lipinski definition) is 0. The van der Waals surface area contributed by atoms with Crippen LogP contribution in [-0.4, -0.2) is 23.1 Å². The molecular formula is C26H34O4. The molecule has 0 bridgehead atoms. The fourth-order valence-electron chi connectivity index (χ4n) is 9.00. The molecule has 3 fully saturated rings. The molecule has 1 spiro atoms. The quantitative estimate of drug-likeness (QED) is 0.477. The Balaban J connectivity index is 1.64. The summed E-state index contributed by atoms with van der Waals surface area (Å²) in [6.07, 6.45) is 11.6. The summed E-state index contributed by atoms with van der Waals surface area (Å²) >= 11 is 0. The van der Waals surface area contributed by atoms with Gasteiger partial charge in [0.05, 0.1) is 0 Å². The average molecular weight is 411 g/mol. The molecule has 5 aliphatic rings. The van der Waals surface area contributed by atoms with Crippen molar-refractivity contribution in [3.05, 3.63) is 23.3 Å². The van der Waals surface area contributed by atoms with Gasteiger partial charge < -0.3 is 4.74 Å². The van der Waals surface area contributed by atoms with Gasteiger partial charge in [-0.15, -0.1) is 0 Å². The number of carbonyl (C=O) groups excluding carboxylic acids is 3. The predicted molar refractivity (Wildman–Crippen MR) is 113 cm³/mol. The number of allylic oxidation sites excluding steroid dienone is 4. The van der Waals surface area contributed by atoms with Crippen LogP contribution in [0.25, 0.3) is 0 Å². The van der Waals surface area contributed by atoms with Crippen LogP contribution in [-0.2, 0) is 19.1 Å². The number of ketones is 2. The number of hydrogen-bond acceptors (Lipinski definition) is 4. The van der Waals surface area contributed by atoms with Gasteiger partial charge in [-0.25, -0.2) is 0 Å². The van der Waals surface area contributed by atoms with Crippen molar-refractivity contribution in [2.45, 2.75) is 84.7 Å². The predicted octanol–water partition coefficient (Wildman–Crippen LogP) is 4.97. The Bertz CT molecular complexity index is 897. The second-order valence-electron chi connectivity index (χ2n) is 11.1. The molecule has 0 amide bonds. The van der Waals surface area contributed by atoms with Gasteiger partial charge in [0, 0.05) is 25.2 Å². The SMILES string of the molecule is CC(=O)O[C@]1(C(C)=O)CCC2C3CC(C)=C4CC(=O)CC[C@@]45CC=C[C@@H](C[C@@]21C)C35. The molecule has 0 saturated heterocycles. The molecule has 30 heavy (non-hydrogen) atoms. The van der Waals surface area contributed by atoms with E-state index < -0.39 is 5.60 Å². The molecule has 0 aromatic rings. The molecule has 4 heteroatoms. The normalized spacial score (nSPS) is 46.7. The number of fused-ring (bicyclic) bond motifs is 2. The van der Waals surface area contributed by atoms with E-state index in [1.165, 1.54) is 18.1 Å². The van der Waals surface area contributed by atoms with E-state index in [-0.39, 0.29) is 22.6 Å². The summed E-state index contributed by atoms with van der Waals surface area (Å²) in [4.78, 5) is 37.4. The van der Waals surface area contributed by atoms with Crippen molar-refractivity contribution in [3.8, 4) is 0 Å². The Morgan fingerprint density at radius 1 is 1.20 bits per heavy atom. The highest BCUT2D eigenvalue weighted by Crippen LogP contribution is 2.71. The van der Waals surface area contributed by atoms with Crippen LogP contribution in [0, 0.1) is 34.5 Å². The summed E-state index contributed by atoms with van der Waals surface area (Å²) in [5, 5.41) is 0. The summed E-state index contributed by atoms with van der Waals surface area (Å²) < 4.78 is 5.93. The highest BCUT2D eigenvalue weighted by molar-refractivity contribution is 5.89. The third kappa shape index (κ3) is 2.37. The van der Waals surface area contributed by atoms with Gasteiger partial charge in [0.25, 0.3) is 0 Å². The van der Waals surface area contributed by atoms with Crippen LogP contribution < -0.4 is 0 Å². The zero-order valence-electron chi connectivity index (χ0n) is 18.8. The summed E-state index contributed by atoms with van der Waals surface area (Å²) in [6.45, 7) is 7.50. The molecule has 0 radical (unpaired) electrons. The Hall–Kier alpha value is -1.71. The van der Waals surface area contributed by atoms with E-state index in [4.69, 9.17) is 4.74 Å². The molecular weight excluding hydrogens is 376 g/mol. The fraction of sp³-hybridized carbons (Fsp3) is 0.731. The first-order chi connectivity index (χ1) is 14.1. The molecule has 3 saturated carbocycles. The van der Waals surface area contributed by atoms with Crippen molar-refractivity contribution >= 4 is 17.5 Å². The molecule has 5 aliphatic carbocycles. The van der Waals surface area contributed by atoms with Gasteiger partial charge in [0.15, 0.2) is 11.4 Å². The molecule has 0 N–H and O–H groups in total. The van der Waals surface area contributed by atoms with Gasteiger partial charge in [-0.2, -0.15) is 0 Å². The van der Waals surface area contributed by atoms with Crippen molar-refractivity contribution in [2.24, 2.45) is 34.5 Å². The molecule has 162 valence electrons. The molecule has 4 nitrogen and oxygen atoms in total. The van der Waals surface area contributed by atoms with Crippen LogP contribution in [0.15, 0.2) is 23.3 Å². The van der Waals surface area contributed by atoms with Gasteiger partial charge in [-0.05, 0) is 81.5 Å². The first kappa shape index (κ1) is 20.2. The third-order valence-corrected chi connectivity index (χ3v) is 9.92. The summed E-state index contributed by atoms with van der Waals surface area (Å²) in [5.41, 5.74) is 1.66. The van der Waals surface area contributed by atoms with Crippen molar-refractivity contribution in [2.75, 3.05) is 0 Å². The lowest BCUT2D eigenvalue weighted by atomic mass is 9.41.